The summed E-state index contributed by atoms with van der Waals surface area (Å²) in [5.74, 6) is 0.866. The average molecular weight is 264 g/mol. The average Bonchev–Trinajstić information content (AvgIpc) is 2.48. The lowest BCUT2D eigenvalue weighted by Crippen LogP contribution is -2.50. The van der Waals surface area contributed by atoms with Crippen molar-refractivity contribution in [1.82, 2.24) is 0 Å². The maximum absolute atomic E-state index is 6.02. The van der Waals surface area contributed by atoms with E-state index >= 15 is 0 Å². The van der Waals surface area contributed by atoms with E-state index in [-0.39, 0.29) is 5.54 Å². The lowest BCUT2D eigenvalue weighted by molar-refractivity contribution is 0.0483. The molecular weight excluding hydrogens is 240 g/mol. The molecular formula is C15H24N2O2. The SMILES string of the molecule is COc1ccc(NC2(CN)CCCC(OC)C2)cc1. The van der Waals surface area contributed by atoms with Gasteiger partial charge in [0.2, 0.25) is 0 Å². The van der Waals surface area contributed by atoms with Gasteiger partial charge in [-0.05, 0) is 49.9 Å². The van der Waals surface area contributed by atoms with E-state index in [0.717, 1.165) is 37.1 Å². The Morgan fingerprint density at radius 2 is 2.05 bits per heavy atom. The molecule has 4 heteroatoms. The Bertz CT molecular complexity index is 394. The number of benzene rings is 1. The van der Waals surface area contributed by atoms with E-state index in [1.807, 2.05) is 24.3 Å². The molecule has 1 saturated carbocycles. The third-order valence-corrected chi connectivity index (χ3v) is 4.02. The maximum Gasteiger partial charge on any atom is 0.119 e. The fraction of sp³-hybridized carbons (Fsp3) is 0.600. The predicted octanol–water partition coefficient (Wildman–Crippen LogP) is 2.39. The molecule has 0 aliphatic heterocycles. The molecule has 1 aliphatic carbocycles. The maximum atomic E-state index is 6.02. The number of hydrogen-bond donors (Lipinski definition) is 2. The van der Waals surface area contributed by atoms with E-state index in [9.17, 15) is 0 Å². The monoisotopic (exact) mass is 264 g/mol. The van der Waals surface area contributed by atoms with Crippen LogP contribution in [0, 0.1) is 0 Å². The molecule has 2 unspecified atom stereocenters. The van der Waals surface area contributed by atoms with E-state index in [1.54, 1.807) is 14.2 Å². The highest BCUT2D eigenvalue weighted by atomic mass is 16.5. The van der Waals surface area contributed by atoms with Gasteiger partial charge in [-0.1, -0.05) is 0 Å². The van der Waals surface area contributed by atoms with E-state index in [0.29, 0.717) is 12.6 Å². The molecule has 1 aromatic rings. The van der Waals surface area contributed by atoms with Crippen molar-refractivity contribution in [2.24, 2.45) is 5.73 Å². The molecule has 0 amide bonds. The summed E-state index contributed by atoms with van der Waals surface area (Å²) in [5.41, 5.74) is 7.05. The number of nitrogens with one attached hydrogen (secondary N) is 1. The minimum absolute atomic E-state index is 0.0481. The molecule has 1 aliphatic rings. The van der Waals surface area contributed by atoms with Crippen molar-refractivity contribution in [1.29, 1.82) is 0 Å². The van der Waals surface area contributed by atoms with Crippen molar-refractivity contribution >= 4 is 5.69 Å². The summed E-state index contributed by atoms with van der Waals surface area (Å²) in [7, 11) is 3.46. The third-order valence-electron chi connectivity index (χ3n) is 4.02. The molecule has 1 aromatic carbocycles. The summed E-state index contributed by atoms with van der Waals surface area (Å²) in [5, 5.41) is 3.60. The summed E-state index contributed by atoms with van der Waals surface area (Å²) in [6, 6.07) is 7.99. The van der Waals surface area contributed by atoms with Crippen LogP contribution in [0.4, 0.5) is 5.69 Å². The van der Waals surface area contributed by atoms with Gasteiger partial charge in [0.15, 0.2) is 0 Å². The third kappa shape index (κ3) is 3.39. The minimum atomic E-state index is -0.0481. The normalized spacial score (nSPS) is 27.0. The molecule has 1 fully saturated rings. The predicted molar refractivity (Wildman–Crippen MR) is 77.7 cm³/mol. The van der Waals surface area contributed by atoms with Crippen LogP contribution in [0.5, 0.6) is 5.75 Å². The Morgan fingerprint density at radius 1 is 1.32 bits per heavy atom. The lowest BCUT2D eigenvalue weighted by Gasteiger charge is -2.41. The lowest BCUT2D eigenvalue weighted by atomic mass is 9.80. The Morgan fingerprint density at radius 3 is 2.63 bits per heavy atom. The minimum Gasteiger partial charge on any atom is -0.497 e. The van der Waals surface area contributed by atoms with Gasteiger partial charge in [-0.15, -0.1) is 0 Å². The second-order valence-electron chi connectivity index (χ2n) is 5.29. The van der Waals surface area contributed by atoms with E-state index in [4.69, 9.17) is 15.2 Å². The van der Waals surface area contributed by atoms with Crippen LogP contribution in [-0.4, -0.2) is 32.4 Å². The smallest absolute Gasteiger partial charge is 0.119 e. The highest BCUT2D eigenvalue weighted by Gasteiger charge is 2.35. The summed E-state index contributed by atoms with van der Waals surface area (Å²) in [6.45, 7) is 0.624. The molecule has 19 heavy (non-hydrogen) atoms. The number of ether oxygens (including phenoxy) is 2. The molecule has 0 radical (unpaired) electrons. The second kappa shape index (κ2) is 6.26. The van der Waals surface area contributed by atoms with Crippen LogP contribution in [-0.2, 0) is 4.74 Å². The Hall–Kier alpha value is -1.26. The first-order valence-electron chi connectivity index (χ1n) is 6.86. The van der Waals surface area contributed by atoms with Gasteiger partial charge >= 0.3 is 0 Å². The molecule has 4 nitrogen and oxygen atoms in total. The van der Waals surface area contributed by atoms with Crippen molar-refractivity contribution in [3.05, 3.63) is 24.3 Å². The first kappa shape index (κ1) is 14.2. The zero-order chi connectivity index (χ0) is 13.7. The van der Waals surface area contributed by atoms with Crippen molar-refractivity contribution in [3.8, 4) is 5.75 Å². The molecule has 2 rings (SSSR count). The molecule has 3 N–H and O–H groups in total. The first-order valence-corrected chi connectivity index (χ1v) is 6.86. The van der Waals surface area contributed by atoms with Crippen LogP contribution in [0.2, 0.25) is 0 Å². The van der Waals surface area contributed by atoms with Crippen LogP contribution in [0.1, 0.15) is 25.7 Å². The molecule has 2 atom stereocenters. The van der Waals surface area contributed by atoms with Crippen LogP contribution in [0.15, 0.2) is 24.3 Å². The molecule has 106 valence electrons. The largest absolute Gasteiger partial charge is 0.497 e. The topological polar surface area (TPSA) is 56.5 Å². The number of rotatable bonds is 5. The summed E-state index contributed by atoms with van der Waals surface area (Å²) in [6.07, 6.45) is 4.64. The summed E-state index contributed by atoms with van der Waals surface area (Å²) >= 11 is 0. The number of anilines is 1. The summed E-state index contributed by atoms with van der Waals surface area (Å²) in [4.78, 5) is 0. The van der Waals surface area contributed by atoms with Crippen molar-refractivity contribution in [3.63, 3.8) is 0 Å². The van der Waals surface area contributed by atoms with Crippen molar-refractivity contribution < 1.29 is 9.47 Å². The van der Waals surface area contributed by atoms with Gasteiger partial charge in [-0.3, -0.25) is 0 Å². The quantitative estimate of drug-likeness (QED) is 0.857. The van der Waals surface area contributed by atoms with Crippen molar-refractivity contribution in [2.75, 3.05) is 26.1 Å². The fourth-order valence-electron chi connectivity index (χ4n) is 2.84. The fourth-order valence-corrected chi connectivity index (χ4v) is 2.84. The second-order valence-corrected chi connectivity index (χ2v) is 5.29. The van der Waals surface area contributed by atoms with Gasteiger partial charge in [0.05, 0.1) is 18.8 Å². The van der Waals surface area contributed by atoms with Gasteiger partial charge in [-0.25, -0.2) is 0 Å². The van der Waals surface area contributed by atoms with Crippen LogP contribution in [0.3, 0.4) is 0 Å². The van der Waals surface area contributed by atoms with E-state index in [2.05, 4.69) is 5.32 Å². The number of methoxy groups -OCH3 is 2. The Balaban J connectivity index is 2.08. The van der Waals surface area contributed by atoms with E-state index < -0.39 is 0 Å². The molecule has 0 aromatic heterocycles. The van der Waals surface area contributed by atoms with Crippen molar-refractivity contribution in [2.45, 2.75) is 37.3 Å². The van der Waals surface area contributed by atoms with E-state index in [1.165, 1.54) is 0 Å². The Labute approximate surface area is 115 Å². The van der Waals surface area contributed by atoms with Gasteiger partial charge in [0.25, 0.3) is 0 Å². The zero-order valence-corrected chi connectivity index (χ0v) is 11.8. The Kier molecular flexibility index (Phi) is 4.66. The van der Waals surface area contributed by atoms with Gasteiger partial charge < -0.3 is 20.5 Å². The summed E-state index contributed by atoms with van der Waals surface area (Å²) < 4.78 is 10.7. The van der Waals surface area contributed by atoms with Crippen LogP contribution < -0.4 is 15.8 Å². The molecule has 0 spiro atoms. The van der Waals surface area contributed by atoms with Crippen LogP contribution in [0.25, 0.3) is 0 Å². The van der Waals surface area contributed by atoms with Gasteiger partial charge in [0, 0.05) is 19.3 Å². The highest BCUT2D eigenvalue weighted by Crippen LogP contribution is 2.32. The first-order chi connectivity index (χ1) is 9.21. The molecule has 0 heterocycles. The van der Waals surface area contributed by atoms with Crippen LogP contribution >= 0.6 is 0 Å². The zero-order valence-electron chi connectivity index (χ0n) is 11.8. The molecule has 0 saturated heterocycles. The number of hydrogen-bond acceptors (Lipinski definition) is 4. The van der Waals surface area contributed by atoms with Gasteiger partial charge in [-0.2, -0.15) is 0 Å². The highest BCUT2D eigenvalue weighted by molar-refractivity contribution is 5.48. The number of nitrogens with two attached hydrogens (primary N) is 1. The van der Waals surface area contributed by atoms with Gasteiger partial charge in [0.1, 0.15) is 5.75 Å². The molecule has 0 bridgehead atoms. The standard InChI is InChI=1S/C15H24N2O2/c1-18-13-7-5-12(6-8-13)17-15(11-16)9-3-4-14(10-15)19-2/h5-8,14,17H,3-4,9-11,16H2,1-2H3.